The number of carbonyl (C=O) groups is 1. The number of rotatable bonds is 9. The second kappa shape index (κ2) is 9.89. The van der Waals surface area contributed by atoms with Crippen LogP contribution in [-0.2, 0) is 11.3 Å². The SMILES string of the molecule is COc1ccc(C)cc1NC(=O)C[NH+](C)Cc1ccc(OC(F)F)c(OC)c1. The molecule has 0 aliphatic rings. The summed E-state index contributed by atoms with van der Waals surface area (Å²) in [5.74, 6) is 0.629. The number of likely N-dealkylation sites (N-methyl/N-ethyl adjacent to an activating group) is 1. The Labute approximate surface area is 163 Å². The van der Waals surface area contributed by atoms with Crippen LogP contribution in [0.2, 0.25) is 0 Å². The molecule has 0 saturated carbocycles. The van der Waals surface area contributed by atoms with E-state index in [0.717, 1.165) is 16.0 Å². The van der Waals surface area contributed by atoms with Crippen molar-refractivity contribution < 1.29 is 32.7 Å². The quantitative estimate of drug-likeness (QED) is 0.684. The average Bonchev–Trinajstić information content (AvgIpc) is 2.62. The van der Waals surface area contributed by atoms with Gasteiger partial charge in [-0.3, -0.25) is 4.79 Å². The lowest BCUT2D eigenvalue weighted by Gasteiger charge is -2.16. The van der Waals surface area contributed by atoms with Crippen molar-refractivity contribution in [2.75, 3.05) is 33.1 Å². The third-order valence-corrected chi connectivity index (χ3v) is 4.04. The Balaban J connectivity index is 1.99. The monoisotopic (exact) mass is 395 g/mol. The van der Waals surface area contributed by atoms with E-state index in [4.69, 9.17) is 9.47 Å². The van der Waals surface area contributed by atoms with E-state index in [1.54, 1.807) is 25.3 Å². The molecule has 1 atom stereocenters. The number of hydrogen-bond acceptors (Lipinski definition) is 4. The Morgan fingerprint density at radius 2 is 1.75 bits per heavy atom. The first-order valence-corrected chi connectivity index (χ1v) is 8.70. The predicted molar refractivity (Wildman–Crippen MR) is 101 cm³/mol. The smallest absolute Gasteiger partial charge is 0.387 e. The second-order valence-corrected chi connectivity index (χ2v) is 6.43. The number of carbonyl (C=O) groups excluding carboxylic acids is 1. The lowest BCUT2D eigenvalue weighted by molar-refractivity contribution is -0.885. The molecule has 0 radical (unpaired) electrons. The van der Waals surface area contributed by atoms with Crippen molar-refractivity contribution in [1.29, 1.82) is 0 Å². The van der Waals surface area contributed by atoms with Crippen LogP contribution in [0.15, 0.2) is 36.4 Å². The number of ether oxygens (including phenoxy) is 3. The third-order valence-electron chi connectivity index (χ3n) is 4.04. The number of benzene rings is 2. The Morgan fingerprint density at radius 3 is 2.39 bits per heavy atom. The Hall–Kier alpha value is -2.87. The molecule has 152 valence electrons. The first kappa shape index (κ1) is 21.4. The number of hydrogen-bond donors (Lipinski definition) is 2. The highest BCUT2D eigenvalue weighted by atomic mass is 19.3. The van der Waals surface area contributed by atoms with Gasteiger partial charge in [0.1, 0.15) is 12.3 Å². The summed E-state index contributed by atoms with van der Waals surface area (Å²) in [5.41, 5.74) is 2.46. The molecular weight excluding hydrogens is 370 g/mol. The fourth-order valence-electron chi connectivity index (χ4n) is 2.81. The van der Waals surface area contributed by atoms with Crippen LogP contribution in [0.5, 0.6) is 17.2 Å². The molecule has 2 aromatic carbocycles. The van der Waals surface area contributed by atoms with Gasteiger partial charge in [-0.1, -0.05) is 6.07 Å². The van der Waals surface area contributed by atoms with Crippen molar-refractivity contribution >= 4 is 11.6 Å². The van der Waals surface area contributed by atoms with Crippen LogP contribution in [0.1, 0.15) is 11.1 Å². The number of alkyl halides is 2. The maximum atomic E-state index is 12.4. The maximum absolute atomic E-state index is 12.4. The number of anilines is 1. The van der Waals surface area contributed by atoms with Crippen LogP contribution in [0.3, 0.4) is 0 Å². The standard InChI is InChI=1S/C20H24F2N2O4/c1-13-5-7-16(26-3)15(9-13)23-19(25)12-24(2)11-14-6-8-17(28-20(21)22)18(10-14)27-4/h5-10,20H,11-12H2,1-4H3,(H,23,25)/p+1. The predicted octanol–water partition coefficient (Wildman–Crippen LogP) is 2.27. The summed E-state index contributed by atoms with van der Waals surface area (Å²) in [5, 5.41) is 2.86. The molecule has 1 unspecified atom stereocenters. The molecule has 0 heterocycles. The largest absolute Gasteiger partial charge is 0.495 e. The number of halogens is 2. The summed E-state index contributed by atoms with van der Waals surface area (Å²) in [6.45, 7) is -0.269. The van der Waals surface area contributed by atoms with E-state index in [-0.39, 0.29) is 24.0 Å². The molecule has 0 aliphatic carbocycles. The molecule has 2 N–H and O–H groups in total. The van der Waals surface area contributed by atoms with E-state index in [2.05, 4.69) is 10.1 Å². The number of methoxy groups -OCH3 is 2. The molecule has 2 rings (SSSR count). The van der Waals surface area contributed by atoms with Gasteiger partial charge in [0.2, 0.25) is 0 Å². The van der Waals surface area contributed by atoms with Gasteiger partial charge in [0, 0.05) is 5.56 Å². The van der Waals surface area contributed by atoms with E-state index < -0.39 is 6.61 Å². The summed E-state index contributed by atoms with van der Waals surface area (Å²) in [6, 6.07) is 10.3. The van der Waals surface area contributed by atoms with E-state index in [1.807, 2.05) is 26.1 Å². The van der Waals surface area contributed by atoms with Gasteiger partial charge in [0.05, 0.1) is 27.0 Å². The fourth-order valence-corrected chi connectivity index (χ4v) is 2.81. The molecule has 8 heteroatoms. The molecule has 0 spiro atoms. The number of aryl methyl sites for hydroxylation is 1. The van der Waals surface area contributed by atoms with E-state index in [9.17, 15) is 13.6 Å². The van der Waals surface area contributed by atoms with Crippen LogP contribution < -0.4 is 24.4 Å². The van der Waals surface area contributed by atoms with E-state index >= 15 is 0 Å². The van der Waals surface area contributed by atoms with Crippen molar-refractivity contribution in [3.05, 3.63) is 47.5 Å². The molecule has 0 bridgehead atoms. The molecule has 0 aromatic heterocycles. The zero-order chi connectivity index (χ0) is 20.7. The minimum atomic E-state index is -2.92. The first-order valence-electron chi connectivity index (χ1n) is 8.70. The molecule has 28 heavy (non-hydrogen) atoms. The molecule has 1 amide bonds. The summed E-state index contributed by atoms with van der Waals surface area (Å²) >= 11 is 0. The lowest BCUT2D eigenvalue weighted by Crippen LogP contribution is -3.08. The first-order chi connectivity index (χ1) is 13.3. The van der Waals surface area contributed by atoms with Gasteiger partial charge < -0.3 is 24.4 Å². The summed E-state index contributed by atoms with van der Waals surface area (Å²) < 4.78 is 39.6. The molecule has 6 nitrogen and oxygen atoms in total. The van der Waals surface area contributed by atoms with Gasteiger partial charge in [-0.15, -0.1) is 0 Å². The minimum Gasteiger partial charge on any atom is -0.495 e. The van der Waals surface area contributed by atoms with Crippen LogP contribution in [0.25, 0.3) is 0 Å². The maximum Gasteiger partial charge on any atom is 0.387 e. The Bertz CT molecular complexity index is 815. The number of quaternary nitrogens is 1. The highest BCUT2D eigenvalue weighted by Crippen LogP contribution is 2.29. The van der Waals surface area contributed by atoms with E-state index in [0.29, 0.717) is 18.0 Å². The van der Waals surface area contributed by atoms with Crippen LogP contribution in [0, 0.1) is 6.92 Å². The summed E-state index contributed by atoms with van der Waals surface area (Å²) in [4.78, 5) is 13.3. The van der Waals surface area contributed by atoms with Crippen LogP contribution in [-0.4, -0.2) is 40.3 Å². The highest BCUT2D eigenvalue weighted by Gasteiger charge is 2.16. The van der Waals surface area contributed by atoms with Gasteiger partial charge in [0.15, 0.2) is 18.0 Å². The average molecular weight is 395 g/mol. The van der Waals surface area contributed by atoms with Crippen LogP contribution in [0.4, 0.5) is 14.5 Å². The fraction of sp³-hybridized carbons (Fsp3) is 0.350. The third kappa shape index (κ3) is 6.09. The van der Waals surface area contributed by atoms with Gasteiger partial charge in [-0.25, -0.2) is 0 Å². The molecule has 2 aromatic rings. The zero-order valence-corrected chi connectivity index (χ0v) is 16.3. The highest BCUT2D eigenvalue weighted by molar-refractivity contribution is 5.93. The Morgan fingerprint density at radius 1 is 1.07 bits per heavy atom. The molecular formula is C20H25F2N2O4+. The van der Waals surface area contributed by atoms with Crippen molar-refractivity contribution in [2.24, 2.45) is 0 Å². The molecule has 0 fully saturated rings. The van der Waals surface area contributed by atoms with Crippen molar-refractivity contribution in [3.63, 3.8) is 0 Å². The Kier molecular flexibility index (Phi) is 7.57. The number of amides is 1. The minimum absolute atomic E-state index is 0.0248. The lowest BCUT2D eigenvalue weighted by atomic mass is 10.2. The molecule has 0 saturated heterocycles. The van der Waals surface area contributed by atoms with Crippen molar-refractivity contribution in [1.82, 2.24) is 0 Å². The summed E-state index contributed by atoms with van der Waals surface area (Å²) in [6.07, 6.45) is 0. The number of nitrogens with one attached hydrogen (secondary N) is 2. The topological polar surface area (TPSA) is 61.2 Å². The van der Waals surface area contributed by atoms with E-state index in [1.165, 1.54) is 13.2 Å². The molecule has 0 aliphatic heterocycles. The normalized spacial score (nSPS) is 11.8. The van der Waals surface area contributed by atoms with Crippen LogP contribution >= 0.6 is 0 Å². The van der Waals surface area contributed by atoms with Gasteiger partial charge in [0.25, 0.3) is 5.91 Å². The van der Waals surface area contributed by atoms with Crippen molar-refractivity contribution in [3.8, 4) is 17.2 Å². The van der Waals surface area contributed by atoms with Gasteiger partial charge in [-0.05, 0) is 42.8 Å². The van der Waals surface area contributed by atoms with Gasteiger partial charge in [-0.2, -0.15) is 8.78 Å². The van der Waals surface area contributed by atoms with Crippen molar-refractivity contribution in [2.45, 2.75) is 20.1 Å². The van der Waals surface area contributed by atoms with Gasteiger partial charge >= 0.3 is 6.61 Å². The summed E-state index contributed by atoms with van der Waals surface area (Å²) in [7, 11) is 4.80. The zero-order valence-electron chi connectivity index (χ0n) is 16.3. The second-order valence-electron chi connectivity index (χ2n) is 6.43.